The molecule has 156 valence electrons. The summed E-state index contributed by atoms with van der Waals surface area (Å²) < 4.78 is 36.3. The minimum Gasteiger partial charge on any atom is -0.488 e. The number of benzene rings is 2. The lowest BCUT2D eigenvalue weighted by molar-refractivity contribution is -0.144. The zero-order chi connectivity index (χ0) is 21.6. The molecule has 0 aliphatic rings. The minimum absolute atomic E-state index is 0.0292. The molecule has 0 heterocycles. The Kier molecular flexibility index (Phi) is 8.04. The lowest BCUT2D eigenvalue weighted by Crippen LogP contribution is -2.33. The summed E-state index contributed by atoms with van der Waals surface area (Å²) in [5.41, 5.74) is 0.395. The monoisotopic (exact) mass is 459 g/mol. The van der Waals surface area contributed by atoms with E-state index in [1.807, 2.05) is 0 Å². The molecule has 2 aromatic rings. The van der Waals surface area contributed by atoms with Crippen molar-refractivity contribution in [1.82, 2.24) is 4.31 Å². The number of rotatable bonds is 9. The van der Waals surface area contributed by atoms with Crippen LogP contribution in [0, 0.1) is 0 Å². The molecule has 29 heavy (non-hydrogen) atoms. The van der Waals surface area contributed by atoms with Crippen molar-refractivity contribution in [2.45, 2.75) is 11.8 Å². The van der Waals surface area contributed by atoms with Crippen LogP contribution in [0.25, 0.3) is 0 Å². The Morgan fingerprint density at radius 2 is 1.69 bits per heavy atom. The van der Waals surface area contributed by atoms with E-state index < -0.39 is 22.5 Å². The lowest BCUT2D eigenvalue weighted by Gasteiger charge is -2.16. The van der Waals surface area contributed by atoms with Gasteiger partial charge in [0.15, 0.2) is 5.78 Å². The first-order valence-electron chi connectivity index (χ1n) is 8.42. The molecule has 0 bridgehead atoms. The van der Waals surface area contributed by atoms with Crippen molar-refractivity contribution in [3.05, 3.63) is 58.1 Å². The summed E-state index contributed by atoms with van der Waals surface area (Å²) in [6, 6.07) is 10.2. The standard InChI is InChI=1S/C19H19Cl2NO6S/c1-13(23)14-3-6-16(7-4-14)29(25,26)22(2)12-19(24)28-10-9-27-18-8-5-15(20)11-17(18)21/h3-8,11H,9-10,12H2,1-2H3. The van der Waals surface area contributed by atoms with Gasteiger partial charge in [0.05, 0.1) is 9.92 Å². The highest BCUT2D eigenvalue weighted by atomic mass is 35.5. The van der Waals surface area contributed by atoms with Crippen molar-refractivity contribution >= 4 is 45.0 Å². The van der Waals surface area contributed by atoms with Crippen LogP contribution in [0.5, 0.6) is 5.75 Å². The summed E-state index contributed by atoms with van der Waals surface area (Å²) in [6.45, 7) is 0.865. The molecule has 0 radical (unpaired) electrons. The van der Waals surface area contributed by atoms with E-state index in [0.717, 1.165) is 4.31 Å². The van der Waals surface area contributed by atoms with Crippen LogP contribution < -0.4 is 4.74 Å². The number of hydrogen-bond acceptors (Lipinski definition) is 6. The van der Waals surface area contributed by atoms with Gasteiger partial charge in [-0.2, -0.15) is 4.31 Å². The van der Waals surface area contributed by atoms with Gasteiger partial charge in [0, 0.05) is 17.6 Å². The zero-order valence-electron chi connectivity index (χ0n) is 15.7. The molecule has 0 aliphatic carbocycles. The van der Waals surface area contributed by atoms with Crippen LogP contribution in [-0.2, 0) is 19.6 Å². The molecule has 0 amide bonds. The largest absolute Gasteiger partial charge is 0.488 e. The van der Waals surface area contributed by atoms with Crippen LogP contribution in [-0.4, -0.2) is 51.3 Å². The first-order chi connectivity index (χ1) is 13.6. The van der Waals surface area contributed by atoms with Gasteiger partial charge in [0.1, 0.15) is 25.5 Å². The van der Waals surface area contributed by atoms with E-state index in [4.69, 9.17) is 32.7 Å². The maximum absolute atomic E-state index is 12.5. The molecular weight excluding hydrogens is 441 g/mol. The topological polar surface area (TPSA) is 90.0 Å². The summed E-state index contributed by atoms with van der Waals surface area (Å²) in [5, 5.41) is 0.791. The number of hydrogen-bond donors (Lipinski definition) is 0. The van der Waals surface area contributed by atoms with E-state index in [9.17, 15) is 18.0 Å². The van der Waals surface area contributed by atoms with Crippen molar-refractivity contribution in [3.63, 3.8) is 0 Å². The van der Waals surface area contributed by atoms with Crippen molar-refractivity contribution in [2.24, 2.45) is 0 Å². The van der Waals surface area contributed by atoms with E-state index in [1.165, 1.54) is 44.3 Å². The quantitative estimate of drug-likeness (QED) is 0.324. The van der Waals surface area contributed by atoms with Crippen molar-refractivity contribution < 1.29 is 27.5 Å². The minimum atomic E-state index is -3.90. The SMILES string of the molecule is CC(=O)c1ccc(S(=O)(=O)N(C)CC(=O)OCCOc2ccc(Cl)cc2Cl)cc1. The number of carbonyl (C=O) groups is 2. The van der Waals surface area contributed by atoms with Crippen LogP contribution in [0.15, 0.2) is 47.4 Å². The van der Waals surface area contributed by atoms with Crippen LogP contribution in [0.2, 0.25) is 10.0 Å². The van der Waals surface area contributed by atoms with Crippen LogP contribution >= 0.6 is 23.2 Å². The average molecular weight is 460 g/mol. The fraction of sp³-hybridized carbons (Fsp3) is 0.263. The highest BCUT2D eigenvalue weighted by Crippen LogP contribution is 2.27. The molecular formula is C19H19Cl2NO6S. The smallest absolute Gasteiger partial charge is 0.321 e. The van der Waals surface area contributed by atoms with Gasteiger partial charge in [-0.05, 0) is 37.3 Å². The summed E-state index contributed by atoms with van der Waals surface area (Å²) in [4.78, 5) is 23.2. The van der Waals surface area contributed by atoms with E-state index in [2.05, 4.69) is 0 Å². The maximum Gasteiger partial charge on any atom is 0.321 e. The molecule has 10 heteroatoms. The van der Waals surface area contributed by atoms with Gasteiger partial charge in [0.25, 0.3) is 0 Å². The van der Waals surface area contributed by atoms with Crippen molar-refractivity contribution in [1.29, 1.82) is 0 Å². The average Bonchev–Trinajstić information content (AvgIpc) is 2.66. The number of esters is 1. The number of nitrogens with zero attached hydrogens (tertiary/aromatic N) is 1. The molecule has 0 aromatic heterocycles. The van der Waals surface area contributed by atoms with Gasteiger partial charge in [0.2, 0.25) is 10.0 Å². The Balaban J connectivity index is 1.85. The molecule has 0 fully saturated rings. The number of ether oxygens (including phenoxy) is 2. The number of sulfonamides is 1. The highest BCUT2D eigenvalue weighted by molar-refractivity contribution is 7.89. The van der Waals surface area contributed by atoms with Gasteiger partial charge >= 0.3 is 5.97 Å². The number of likely N-dealkylation sites (N-methyl/N-ethyl adjacent to an activating group) is 1. The number of Topliss-reactive ketones (excluding diaryl/α,β-unsaturated/α-hetero) is 1. The summed E-state index contributed by atoms with van der Waals surface area (Å²) in [7, 11) is -2.64. The van der Waals surface area contributed by atoms with Crippen molar-refractivity contribution in [3.8, 4) is 5.75 Å². The van der Waals surface area contributed by atoms with Gasteiger partial charge in [-0.1, -0.05) is 35.3 Å². The summed E-state index contributed by atoms with van der Waals surface area (Å²) in [6.07, 6.45) is 0. The normalized spacial score (nSPS) is 11.3. The van der Waals surface area contributed by atoms with Crippen LogP contribution in [0.3, 0.4) is 0 Å². The predicted molar refractivity (Wildman–Crippen MR) is 109 cm³/mol. The number of carbonyl (C=O) groups excluding carboxylic acids is 2. The Labute approximate surface area is 179 Å². The van der Waals surface area contributed by atoms with Gasteiger partial charge in [-0.25, -0.2) is 8.42 Å². The zero-order valence-corrected chi connectivity index (χ0v) is 18.1. The van der Waals surface area contributed by atoms with Gasteiger partial charge in [-0.15, -0.1) is 0 Å². The number of ketones is 1. The Hall–Kier alpha value is -2.13. The third kappa shape index (κ3) is 6.43. The summed E-state index contributed by atoms with van der Waals surface area (Å²) >= 11 is 11.8. The van der Waals surface area contributed by atoms with E-state index in [0.29, 0.717) is 21.4 Å². The second-order valence-corrected chi connectivity index (χ2v) is 8.87. The summed E-state index contributed by atoms with van der Waals surface area (Å²) in [5.74, 6) is -0.518. The molecule has 0 atom stereocenters. The lowest BCUT2D eigenvalue weighted by atomic mass is 10.2. The Bertz CT molecular complexity index is 992. The highest BCUT2D eigenvalue weighted by Gasteiger charge is 2.23. The molecule has 2 aromatic carbocycles. The van der Waals surface area contributed by atoms with Gasteiger partial charge in [-0.3, -0.25) is 9.59 Å². The van der Waals surface area contributed by atoms with E-state index in [1.54, 1.807) is 12.1 Å². The fourth-order valence-corrected chi connectivity index (χ4v) is 3.83. The fourth-order valence-electron chi connectivity index (χ4n) is 2.25. The molecule has 7 nitrogen and oxygen atoms in total. The van der Waals surface area contributed by atoms with E-state index in [-0.39, 0.29) is 23.9 Å². The Morgan fingerprint density at radius 3 is 2.28 bits per heavy atom. The third-order valence-electron chi connectivity index (χ3n) is 3.82. The molecule has 0 saturated carbocycles. The Morgan fingerprint density at radius 1 is 1.03 bits per heavy atom. The van der Waals surface area contributed by atoms with Gasteiger partial charge < -0.3 is 9.47 Å². The predicted octanol–water partition coefficient (Wildman–Crippen LogP) is 3.44. The number of halogens is 2. The molecule has 0 saturated heterocycles. The first kappa shape index (κ1) is 23.2. The third-order valence-corrected chi connectivity index (χ3v) is 6.17. The molecule has 0 unspecified atom stereocenters. The molecule has 0 aliphatic heterocycles. The van der Waals surface area contributed by atoms with Crippen molar-refractivity contribution in [2.75, 3.05) is 26.8 Å². The van der Waals surface area contributed by atoms with Crippen LogP contribution in [0.1, 0.15) is 17.3 Å². The molecule has 2 rings (SSSR count). The maximum atomic E-state index is 12.5. The second-order valence-electron chi connectivity index (χ2n) is 5.99. The second kappa shape index (κ2) is 10.1. The van der Waals surface area contributed by atoms with Crippen LogP contribution in [0.4, 0.5) is 0 Å². The molecule has 0 spiro atoms. The molecule has 0 N–H and O–H groups in total. The first-order valence-corrected chi connectivity index (χ1v) is 10.6. The van der Waals surface area contributed by atoms with E-state index >= 15 is 0 Å².